The molecule has 0 aromatic carbocycles. The normalized spacial score (nSPS) is 13.8. The first-order valence-corrected chi connectivity index (χ1v) is 8.59. The second kappa shape index (κ2) is 6.40. The fraction of sp³-hybridized carbons (Fsp3) is 0.818. The van der Waals surface area contributed by atoms with Crippen LogP contribution >= 0.6 is 0 Å². The summed E-state index contributed by atoms with van der Waals surface area (Å²) in [5.74, 6) is 0. The van der Waals surface area contributed by atoms with Gasteiger partial charge in [-0.15, -0.1) is 8.07 Å². The minimum absolute atomic E-state index is 0. The molecule has 14 heavy (non-hydrogen) atoms. The van der Waals surface area contributed by atoms with Crippen LogP contribution in [0.4, 0.5) is 0 Å². The maximum absolute atomic E-state index is 10.2. The molecule has 0 amide bonds. The van der Waals surface area contributed by atoms with Crippen LogP contribution in [0.2, 0.25) is 19.6 Å². The van der Waals surface area contributed by atoms with Gasteiger partial charge in [0.15, 0.2) is 0 Å². The fourth-order valence-electron chi connectivity index (χ4n) is 1.46. The molecular weight excluding hydrogens is 267 g/mol. The number of aliphatic hydroxyl groups is 1. The summed E-state index contributed by atoms with van der Waals surface area (Å²) < 4.78 is 0. The quantitative estimate of drug-likeness (QED) is 0.623. The van der Waals surface area contributed by atoms with Crippen LogP contribution in [0.25, 0.3) is 0 Å². The Morgan fingerprint density at radius 1 is 1.21 bits per heavy atom. The molecule has 0 spiro atoms. The second-order valence-corrected chi connectivity index (χ2v) is 9.49. The molecule has 0 aromatic heterocycles. The third-order valence-electron chi connectivity index (χ3n) is 2.43. The Bertz CT molecular complexity index is 190. The third-order valence-corrected chi connectivity index (χ3v) is 3.56. The van der Waals surface area contributed by atoms with Crippen molar-refractivity contribution in [1.29, 1.82) is 0 Å². The summed E-state index contributed by atoms with van der Waals surface area (Å²) in [6.45, 7) is 12.8. The summed E-state index contributed by atoms with van der Waals surface area (Å²) >= 11 is 0. The van der Waals surface area contributed by atoms with Crippen LogP contribution in [0.5, 0.6) is 0 Å². The van der Waals surface area contributed by atoms with Gasteiger partial charge in [0.25, 0.3) is 0 Å². The van der Waals surface area contributed by atoms with E-state index in [1.165, 1.54) is 0 Å². The molecule has 0 saturated heterocycles. The molecule has 0 bridgehead atoms. The van der Waals surface area contributed by atoms with Crippen LogP contribution < -0.4 is 0 Å². The van der Waals surface area contributed by atoms with E-state index in [1.54, 1.807) is 0 Å². The Hall–Kier alpha value is 0.800. The molecule has 0 aliphatic rings. The Morgan fingerprint density at radius 2 is 1.57 bits per heavy atom. The van der Waals surface area contributed by atoms with Gasteiger partial charge in [0.1, 0.15) is 0 Å². The number of hydrogen-bond acceptors (Lipinski definition) is 1. The second-order valence-electron chi connectivity index (χ2n) is 4.74. The van der Waals surface area contributed by atoms with Gasteiger partial charge >= 0.3 is 0 Å². The molecule has 82 valence electrons. The molecule has 0 aliphatic carbocycles. The van der Waals surface area contributed by atoms with Crippen molar-refractivity contribution in [1.82, 2.24) is 0 Å². The standard InChI is InChI=1S/C11H23OSi.Zr/c1-7-11(12,8-2)10(3)9-13(4,5)6;/h12H,7-8H2,1-6H3;/q-1;. The van der Waals surface area contributed by atoms with E-state index in [4.69, 9.17) is 0 Å². The molecule has 0 fully saturated rings. The monoisotopic (exact) mass is 289 g/mol. The Morgan fingerprint density at radius 3 is 1.79 bits per heavy atom. The predicted octanol–water partition coefficient (Wildman–Crippen LogP) is 3.16. The van der Waals surface area contributed by atoms with Crippen molar-refractivity contribution in [3.8, 4) is 0 Å². The summed E-state index contributed by atoms with van der Waals surface area (Å²) in [7, 11) is -1.31. The molecule has 3 heteroatoms. The minimum atomic E-state index is -1.31. The Kier molecular flexibility index (Phi) is 7.86. The van der Waals surface area contributed by atoms with Gasteiger partial charge in [-0.2, -0.15) is 0 Å². The summed E-state index contributed by atoms with van der Waals surface area (Å²) in [5.41, 5.74) is 3.89. The smallest absolute Gasteiger partial charge is 0.0533 e. The molecule has 1 N–H and O–H groups in total. The van der Waals surface area contributed by atoms with Gasteiger partial charge in [0.05, 0.1) is 5.60 Å². The van der Waals surface area contributed by atoms with Crippen LogP contribution in [0.15, 0.2) is 5.57 Å². The van der Waals surface area contributed by atoms with Gasteiger partial charge in [-0.25, -0.2) is 5.57 Å². The van der Waals surface area contributed by atoms with Gasteiger partial charge in [-0.1, -0.05) is 40.4 Å². The maximum Gasteiger partial charge on any atom is 0.0533 e. The fourth-order valence-corrected chi connectivity index (χ4v) is 2.82. The largest absolute Gasteiger partial charge is 0.496 e. The topological polar surface area (TPSA) is 20.2 Å². The van der Waals surface area contributed by atoms with Crippen molar-refractivity contribution >= 4 is 8.07 Å². The first kappa shape index (κ1) is 17.2. The average molecular weight is 291 g/mol. The number of hydrogen-bond donors (Lipinski definition) is 1. The summed E-state index contributed by atoms with van der Waals surface area (Å²) in [5, 5.41) is 10.2. The molecule has 0 atom stereocenters. The third kappa shape index (κ3) is 5.63. The molecule has 0 aliphatic heterocycles. The first-order valence-electron chi connectivity index (χ1n) is 5.09. The van der Waals surface area contributed by atoms with Crippen LogP contribution in [0.3, 0.4) is 0 Å². The average Bonchev–Trinajstić information content (AvgIpc) is 2.00. The van der Waals surface area contributed by atoms with E-state index in [2.05, 4.69) is 25.3 Å². The zero-order chi connectivity index (χ0) is 10.7. The number of rotatable bonds is 4. The van der Waals surface area contributed by atoms with Gasteiger partial charge < -0.3 is 10.8 Å². The van der Waals surface area contributed by atoms with E-state index in [1.807, 2.05) is 20.8 Å². The Balaban J connectivity index is 0. The molecule has 0 unspecified atom stereocenters. The van der Waals surface area contributed by atoms with Crippen molar-refractivity contribution in [3.05, 3.63) is 11.3 Å². The summed E-state index contributed by atoms with van der Waals surface area (Å²) in [6, 6.07) is 0. The summed E-state index contributed by atoms with van der Waals surface area (Å²) in [6.07, 6.45) is 1.57. The van der Waals surface area contributed by atoms with Crippen LogP contribution in [-0.4, -0.2) is 18.8 Å². The van der Waals surface area contributed by atoms with Crippen molar-refractivity contribution in [3.63, 3.8) is 0 Å². The zero-order valence-corrected chi connectivity index (χ0v) is 13.8. The van der Waals surface area contributed by atoms with E-state index in [0.717, 1.165) is 18.4 Å². The van der Waals surface area contributed by atoms with E-state index >= 15 is 0 Å². The van der Waals surface area contributed by atoms with Crippen LogP contribution in [-0.2, 0) is 26.2 Å². The molecule has 0 rings (SSSR count). The maximum atomic E-state index is 10.2. The van der Waals surface area contributed by atoms with Crippen molar-refractivity contribution in [2.45, 2.75) is 58.9 Å². The van der Waals surface area contributed by atoms with Crippen LogP contribution in [0, 0.1) is 5.70 Å². The van der Waals surface area contributed by atoms with E-state index in [9.17, 15) is 5.11 Å². The first-order chi connectivity index (χ1) is 5.75. The van der Waals surface area contributed by atoms with Crippen molar-refractivity contribution < 1.29 is 31.3 Å². The van der Waals surface area contributed by atoms with Gasteiger partial charge in [0.2, 0.25) is 0 Å². The van der Waals surface area contributed by atoms with E-state index in [0.29, 0.717) is 0 Å². The zero-order valence-electron chi connectivity index (χ0n) is 10.4. The van der Waals surface area contributed by atoms with Gasteiger partial charge in [-0.3, -0.25) is 0 Å². The van der Waals surface area contributed by atoms with Crippen molar-refractivity contribution in [2.24, 2.45) is 0 Å². The molecular formula is C11H23OSiZr-. The van der Waals surface area contributed by atoms with E-state index < -0.39 is 13.7 Å². The molecule has 0 saturated carbocycles. The van der Waals surface area contributed by atoms with Gasteiger partial charge in [-0.05, 0) is 12.8 Å². The molecule has 0 radical (unpaired) electrons. The minimum Gasteiger partial charge on any atom is -0.496 e. The predicted molar refractivity (Wildman–Crippen MR) is 61.3 cm³/mol. The Labute approximate surface area is 109 Å². The molecule has 1 nitrogen and oxygen atoms in total. The molecule has 0 heterocycles. The van der Waals surface area contributed by atoms with Crippen LogP contribution in [0.1, 0.15) is 33.6 Å². The summed E-state index contributed by atoms with van der Waals surface area (Å²) in [4.78, 5) is 0. The van der Waals surface area contributed by atoms with Crippen molar-refractivity contribution in [2.75, 3.05) is 0 Å². The van der Waals surface area contributed by atoms with Gasteiger partial charge in [0, 0.05) is 26.2 Å². The molecule has 0 aromatic rings. The SMILES string of the molecule is CCC(O)(CC)C(C)=[C-][Si](C)(C)C.[Zr]. The van der Waals surface area contributed by atoms with E-state index in [-0.39, 0.29) is 26.2 Å².